The first-order valence-corrected chi connectivity index (χ1v) is 9.30. The molecule has 3 aliphatic heterocycles. The Morgan fingerprint density at radius 3 is 2.55 bits per heavy atom. The SMILES string of the molecule is c1csc(C(NC2CN3CCC2CC3)C2CCCC2)c1. The van der Waals surface area contributed by atoms with Crippen LogP contribution in [-0.4, -0.2) is 30.6 Å². The summed E-state index contributed by atoms with van der Waals surface area (Å²) in [7, 11) is 0. The first-order chi connectivity index (χ1) is 9.90. The van der Waals surface area contributed by atoms with Crippen LogP contribution < -0.4 is 5.32 Å². The van der Waals surface area contributed by atoms with E-state index in [1.54, 1.807) is 4.88 Å². The Bertz CT molecular complexity index is 416. The molecule has 1 aromatic rings. The third-order valence-electron chi connectivity index (χ3n) is 5.77. The molecule has 4 aliphatic rings. The second kappa shape index (κ2) is 5.78. The van der Waals surface area contributed by atoms with Gasteiger partial charge in [0.05, 0.1) is 0 Å². The van der Waals surface area contributed by atoms with Crippen molar-refractivity contribution < 1.29 is 0 Å². The largest absolute Gasteiger partial charge is 0.305 e. The van der Waals surface area contributed by atoms with Gasteiger partial charge in [0.1, 0.15) is 0 Å². The molecule has 2 nitrogen and oxygen atoms in total. The third kappa shape index (κ3) is 2.56. The van der Waals surface area contributed by atoms with Crippen LogP contribution in [0.1, 0.15) is 49.4 Å². The minimum absolute atomic E-state index is 0.628. The van der Waals surface area contributed by atoms with E-state index in [-0.39, 0.29) is 0 Å². The molecule has 1 aromatic heterocycles. The van der Waals surface area contributed by atoms with Crippen LogP contribution in [0.4, 0.5) is 0 Å². The molecule has 5 rings (SSSR count). The summed E-state index contributed by atoms with van der Waals surface area (Å²) >= 11 is 1.95. The highest BCUT2D eigenvalue weighted by molar-refractivity contribution is 7.10. The maximum atomic E-state index is 4.10. The van der Waals surface area contributed by atoms with Crippen LogP contribution in [0, 0.1) is 11.8 Å². The molecule has 2 unspecified atom stereocenters. The Morgan fingerprint density at radius 2 is 1.95 bits per heavy atom. The van der Waals surface area contributed by atoms with E-state index in [1.807, 2.05) is 11.3 Å². The summed E-state index contributed by atoms with van der Waals surface area (Å²) in [5.41, 5.74) is 0. The predicted octanol–water partition coefficient (Wildman–Crippen LogP) is 3.66. The van der Waals surface area contributed by atoms with E-state index in [0.717, 1.165) is 17.9 Å². The predicted molar refractivity (Wildman–Crippen MR) is 85.1 cm³/mol. The second-order valence-electron chi connectivity index (χ2n) is 6.95. The normalized spacial score (nSPS) is 35.5. The van der Waals surface area contributed by atoms with Gasteiger partial charge in [-0.3, -0.25) is 0 Å². The molecule has 1 N–H and O–H groups in total. The summed E-state index contributed by atoms with van der Waals surface area (Å²) in [5.74, 6) is 1.81. The van der Waals surface area contributed by atoms with Gasteiger partial charge in [-0.2, -0.15) is 0 Å². The van der Waals surface area contributed by atoms with E-state index in [0.29, 0.717) is 6.04 Å². The first-order valence-electron chi connectivity index (χ1n) is 8.42. The molecule has 2 atom stereocenters. The summed E-state index contributed by atoms with van der Waals surface area (Å²) in [5, 5.41) is 6.35. The van der Waals surface area contributed by atoms with Gasteiger partial charge in [0.2, 0.25) is 0 Å². The van der Waals surface area contributed by atoms with Gasteiger partial charge in [-0.1, -0.05) is 18.9 Å². The second-order valence-corrected chi connectivity index (χ2v) is 7.93. The van der Waals surface area contributed by atoms with Crippen molar-refractivity contribution in [2.45, 2.75) is 50.6 Å². The van der Waals surface area contributed by atoms with Crippen molar-refractivity contribution in [2.24, 2.45) is 11.8 Å². The highest BCUT2D eigenvalue weighted by Gasteiger charge is 2.37. The number of hydrogen-bond acceptors (Lipinski definition) is 3. The molecule has 0 aromatic carbocycles. The molecule has 3 heteroatoms. The molecule has 1 aliphatic carbocycles. The number of fused-ring (bicyclic) bond motifs is 3. The molecule has 20 heavy (non-hydrogen) atoms. The molecule has 4 fully saturated rings. The minimum Gasteiger partial charge on any atom is -0.305 e. The van der Waals surface area contributed by atoms with E-state index in [2.05, 4.69) is 27.7 Å². The quantitative estimate of drug-likeness (QED) is 0.910. The number of nitrogens with one attached hydrogen (secondary N) is 1. The first kappa shape index (κ1) is 13.3. The van der Waals surface area contributed by atoms with E-state index in [4.69, 9.17) is 0 Å². The van der Waals surface area contributed by atoms with Crippen molar-refractivity contribution in [2.75, 3.05) is 19.6 Å². The van der Waals surface area contributed by atoms with E-state index >= 15 is 0 Å². The van der Waals surface area contributed by atoms with Gasteiger partial charge in [-0.05, 0) is 62.1 Å². The molecule has 0 spiro atoms. The maximum Gasteiger partial charge on any atom is 0.0446 e. The van der Waals surface area contributed by atoms with Gasteiger partial charge in [0, 0.05) is 23.5 Å². The highest BCUT2D eigenvalue weighted by atomic mass is 32.1. The molecule has 4 heterocycles. The van der Waals surface area contributed by atoms with Gasteiger partial charge in [0.25, 0.3) is 0 Å². The van der Waals surface area contributed by atoms with E-state index in [9.17, 15) is 0 Å². The fraction of sp³-hybridized carbons (Fsp3) is 0.765. The Hall–Kier alpha value is -0.380. The van der Waals surface area contributed by atoms with Gasteiger partial charge < -0.3 is 10.2 Å². The zero-order valence-corrected chi connectivity index (χ0v) is 13.1. The molecular formula is C17H26N2S. The van der Waals surface area contributed by atoms with Gasteiger partial charge in [-0.25, -0.2) is 0 Å². The Kier molecular flexibility index (Phi) is 3.84. The fourth-order valence-corrected chi connectivity index (χ4v) is 5.47. The number of piperidine rings is 3. The molecule has 3 saturated heterocycles. The van der Waals surface area contributed by atoms with Crippen molar-refractivity contribution in [1.82, 2.24) is 10.2 Å². The maximum absolute atomic E-state index is 4.10. The van der Waals surface area contributed by atoms with Crippen LogP contribution >= 0.6 is 11.3 Å². The fourth-order valence-electron chi connectivity index (χ4n) is 4.59. The van der Waals surface area contributed by atoms with Crippen molar-refractivity contribution in [3.63, 3.8) is 0 Å². The topological polar surface area (TPSA) is 15.3 Å². The lowest BCUT2D eigenvalue weighted by molar-refractivity contribution is 0.0626. The smallest absolute Gasteiger partial charge is 0.0446 e. The monoisotopic (exact) mass is 290 g/mol. The average Bonchev–Trinajstić information content (AvgIpc) is 3.20. The number of thiophene rings is 1. The third-order valence-corrected chi connectivity index (χ3v) is 6.73. The Balaban J connectivity index is 1.50. The van der Waals surface area contributed by atoms with Crippen molar-refractivity contribution >= 4 is 11.3 Å². The van der Waals surface area contributed by atoms with Crippen molar-refractivity contribution in [1.29, 1.82) is 0 Å². The van der Waals surface area contributed by atoms with Crippen LogP contribution in [-0.2, 0) is 0 Å². The van der Waals surface area contributed by atoms with E-state index < -0.39 is 0 Å². The molecule has 0 radical (unpaired) electrons. The molecular weight excluding hydrogens is 264 g/mol. The lowest BCUT2D eigenvalue weighted by Crippen LogP contribution is -2.57. The zero-order valence-electron chi connectivity index (χ0n) is 12.3. The Labute approximate surface area is 126 Å². The molecule has 1 saturated carbocycles. The minimum atomic E-state index is 0.628. The van der Waals surface area contributed by atoms with Crippen LogP contribution in [0.3, 0.4) is 0 Å². The number of hydrogen-bond donors (Lipinski definition) is 1. The zero-order chi connectivity index (χ0) is 13.4. The van der Waals surface area contributed by atoms with Gasteiger partial charge in [0.15, 0.2) is 0 Å². The van der Waals surface area contributed by atoms with Crippen molar-refractivity contribution in [3.8, 4) is 0 Å². The summed E-state index contributed by atoms with van der Waals surface area (Å²) in [4.78, 5) is 4.24. The lowest BCUT2D eigenvalue weighted by atomic mass is 9.82. The summed E-state index contributed by atoms with van der Waals surface area (Å²) in [6, 6.07) is 5.94. The summed E-state index contributed by atoms with van der Waals surface area (Å²) in [6.45, 7) is 3.98. The van der Waals surface area contributed by atoms with Crippen LogP contribution in [0.25, 0.3) is 0 Å². The molecule has 2 bridgehead atoms. The average molecular weight is 290 g/mol. The Morgan fingerprint density at radius 1 is 1.15 bits per heavy atom. The van der Waals surface area contributed by atoms with Crippen LogP contribution in [0.5, 0.6) is 0 Å². The van der Waals surface area contributed by atoms with E-state index in [1.165, 1.54) is 58.2 Å². The van der Waals surface area contributed by atoms with Crippen molar-refractivity contribution in [3.05, 3.63) is 22.4 Å². The lowest BCUT2D eigenvalue weighted by Gasteiger charge is -2.46. The van der Waals surface area contributed by atoms with Gasteiger partial charge >= 0.3 is 0 Å². The van der Waals surface area contributed by atoms with Crippen LogP contribution in [0.15, 0.2) is 17.5 Å². The summed E-state index contributed by atoms with van der Waals surface area (Å²) in [6.07, 6.45) is 8.56. The number of rotatable bonds is 4. The summed E-state index contributed by atoms with van der Waals surface area (Å²) < 4.78 is 0. The van der Waals surface area contributed by atoms with Gasteiger partial charge in [-0.15, -0.1) is 11.3 Å². The standard InChI is InChI=1S/C17H26N2S/c1-2-5-14(4-1)17(16-6-3-11-20-16)18-15-12-19-9-7-13(15)8-10-19/h3,6,11,13-15,17-18H,1-2,4-5,7-10,12H2. The van der Waals surface area contributed by atoms with Crippen LogP contribution in [0.2, 0.25) is 0 Å². The molecule has 110 valence electrons. The molecule has 0 amide bonds. The highest BCUT2D eigenvalue weighted by Crippen LogP contribution is 2.39. The number of nitrogens with zero attached hydrogens (tertiary/aromatic N) is 1.